The number of hydrogen-bond donors (Lipinski definition) is 3. The lowest BCUT2D eigenvalue weighted by molar-refractivity contribution is -0.122. The van der Waals surface area contributed by atoms with Crippen LogP contribution in [0.1, 0.15) is 53.4 Å². The number of amides is 1. The maximum atomic E-state index is 11.7. The molecule has 0 spiro atoms. The quantitative estimate of drug-likeness (QED) is 0.589. The Labute approximate surface area is 111 Å². The molecule has 0 saturated heterocycles. The molecule has 0 radical (unpaired) electrons. The van der Waals surface area contributed by atoms with Crippen LogP contribution < -0.4 is 11.1 Å². The highest BCUT2D eigenvalue weighted by Gasteiger charge is 2.19. The van der Waals surface area contributed by atoms with Gasteiger partial charge in [-0.1, -0.05) is 20.8 Å². The van der Waals surface area contributed by atoms with E-state index in [0.717, 1.165) is 12.8 Å². The Morgan fingerprint density at radius 1 is 1.39 bits per heavy atom. The van der Waals surface area contributed by atoms with E-state index in [2.05, 4.69) is 19.2 Å². The Hall–Kier alpha value is -0.610. The third-order valence-electron chi connectivity index (χ3n) is 3.65. The second kappa shape index (κ2) is 8.48. The molecule has 0 aliphatic rings. The number of hydrogen-bond acceptors (Lipinski definition) is 3. The molecule has 4 heteroatoms. The number of nitrogens with two attached hydrogens (primary N) is 1. The number of carbonyl (C=O) groups is 1. The molecule has 0 aromatic heterocycles. The first-order valence-electron chi connectivity index (χ1n) is 7.01. The van der Waals surface area contributed by atoms with Gasteiger partial charge < -0.3 is 16.2 Å². The van der Waals surface area contributed by atoms with E-state index in [9.17, 15) is 9.90 Å². The van der Waals surface area contributed by atoms with Crippen molar-refractivity contribution in [1.29, 1.82) is 0 Å². The Bertz CT molecular complexity index is 240. The maximum absolute atomic E-state index is 11.7. The fraction of sp³-hybridized carbons (Fsp3) is 0.929. The van der Waals surface area contributed by atoms with Gasteiger partial charge in [-0.25, -0.2) is 0 Å². The second-order valence-corrected chi connectivity index (χ2v) is 5.75. The zero-order valence-corrected chi connectivity index (χ0v) is 12.3. The second-order valence-electron chi connectivity index (χ2n) is 5.75. The van der Waals surface area contributed by atoms with Crippen LogP contribution in [0.2, 0.25) is 0 Å². The van der Waals surface area contributed by atoms with E-state index >= 15 is 0 Å². The maximum Gasteiger partial charge on any atom is 0.220 e. The van der Waals surface area contributed by atoms with E-state index in [0.29, 0.717) is 37.8 Å². The van der Waals surface area contributed by atoms with Crippen molar-refractivity contribution in [3.05, 3.63) is 0 Å². The average molecular weight is 258 g/mol. The lowest BCUT2D eigenvalue weighted by Gasteiger charge is -2.23. The van der Waals surface area contributed by atoms with Gasteiger partial charge in [0.15, 0.2) is 0 Å². The number of nitrogens with one attached hydrogen (secondary N) is 1. The van der Waals surface area contributed by atoms with Crippen LogP contribution in [0.4, 0.5) is 0 Å². The summed E-state index contributed by atoms with van der Waals surface area (Å²) in [7, 11) is 0. The number of aliphatic hydroxyl groups is 1. The lowest BCUT2D eigenvalue weighted by Crippen LogP contribution is -2.40. The molecule has 0 aliphatic heterocycles. The summed E-state index contributed by atoms with van der Waals surface area (Å²) in [6.07, 6.45) is 2.99. The van der Waals surface area contributed by atoms with Crippen LogP contribution in [-0.4, -0.2) is 29.7 Å². The van der Waals surface area contributed by atoms with Crippen LogP contribution in [0.5, 0.6) is 0 Å². The number of carbonyl (C=O) groups excluding carboxylic acids is 1. The Morgan fingerprint density at radius 3 is 2.44 bits per heavy atom. The average Bonchev–Trinajstić information content (AvgIpc) is 2.31. The van der Waals surface area contributed by atoms with Crippen molar-refractivity contribution in [3.63, 3.8) is 0 Å². The lowest BCUT2D eigenvalue weighted by atomic mass is 9.88. The van der Waals surface area contributed by atoms with Gasteiger partial charge in [0.1, 0.15) is 0 Å². The highest BCUT2D eigenvalue weighted by molar-refractivity contribution is 5.75. The zero-order chi connectivity index (χ0) is 14.2. The van der Waals surface area contributed by atoms with Gasteiger partial charge in [-0.15, -0.1) is 0 Å². The third kappa shape index (κ3) is 7.67. The molecule has 2 unspecified atom stereocenters. The Balaban J connectivity index is 3.94. The van der Waals surface area contributed by atoms with Gasteiger partial charge in [0.2, 0.25) is 5.91 Å². The molecule has 0 fully saturated rings. The minimum absolute atomic E-state index is 0.0198. The third-order valence-corrected chi connectivity index (χ3v) is 3.65. The molecule has 4 nitrogen and oxygen atoms in total. The van der Waals surface area contributed by atoms with E-state index in [4.69, 9.17) is 5.73 Å². The summed E-state index contributed by atoms with van der Waals surface area (Å²) in [6.45, 7) is 8.97. The van der Waals surface area contributed by atoms with Gasteiger partial charge in [0.05, 0.1) is 5.60 Å². The molecule has 0 aromatic carbocycles. The summed E-state index contributed by atoms with van der Waals surface area (Å²) in [4.78, 5) is 11.7. The normalized spacial score (nSPS) is 16.4. The van der Waals surface area contributed by atoms with E-state index in [1.165, 1.54) is 0 Å². The van der Waals surface area contributed by atoms with Crippen molar-refractivity contribution in [2.45, 2.75) is 59.0 Å². The molecule has 0 aliphatic carbocycles. The fourth-order valence-corrected chi connectivity index (χ4v) is 1.84. The van der Waals surface area contributed by atoms with Crippen LogP contribution in [0.3, 0.4) is 0 Å². The van der Waals surface area contributed by atoms with E-state index < -0.39 is 5.60 Å². The monoisotopic (exact) mass is 258 g/mol. The van der Waals surface area contributed by atoms with E-state index in [-0.39, 0.29) is 5.91 Å². The van der Waals surface area contributed by atoms with Crippen molar-refractivity contribution >= 4 is 5.91 Å². The standard InChI is InChI=1S/C14H30N2O2/c1-5-14(4,18)10-16-13(17)7-6-12(8-9-15)11(2)3/h11-12,18H,5-10,15H2,1-4H3,(H,16,17). The van der Waals surface area contributed by atoms with Crippen LogP contribution in [0.15, 0.2) is 0 Å². The van der Waals surface area contributed by atoms with Crippen LogP contribution in [0, 0.1) is 11.8 Å². The molecule has 0 bridgehead atoms. The number of rotatable bonds is 9. The Kier molecular flexibility index (Phi) is 8.20. The van der Waals surface area contributed by atoms with Crippen molar-refractivity contribution in [2.75, 3.05) is 13.1 Å². The predicted molar refractivity (Wildman–Crippen MR) is 75.2 cm³/mol. The fourth-order valence-electron chi connectivity index (χ4n) is 1.84. The summed E-state index contributed by atoms with van der Waals surface area (Å²) >= 11 is 0. The molecule has 4 N–H and O–H groups in total. The van der Waals surface area contributed by atoms with Crippen LogP contribution >= 0.6 is 0 Å². The zero-order valence-electron chi connectivity index (χ0n) is 12.3. The topological polar surface area (TPSA) is 75.3 Å². The largest absolute Gasteiger partial charge is 0.388 e. The van der Waals surface area contributed by atoms with Crippen LogP contribution in [-0.2, 0) is 4.79 Å². The highest BCUT2D eigenvalue weighted by Crippen LogP contribution is 2.20. The molecular weight excluding hydrogens is 228 g/mol. The van der Waals surface area contributed by atoms with E-state index in [1.807, 2.05) is 6.92 Å². The molecule has 2 atom stereocenters. The minimum atomic E-state index is -0.801. The summed E-state index contributed by atoms with van der Waals surface area (Å²) < 4.78 is 0. The predicted octanol–water partition coefficient (Wildman–Crippen LogP) is 1.66. The molecule has 0 aromatic rings. The molecule has 108 valence electrons. The van der Waals surface area contributed by atoms with Gasteiger partial charge in [-0.3, -0.25) is 4.79 Å². The van der Waals surface area contributed by atoms with Crippen molar-refractivity contribution < 1.29 is 9.90 Å². The summed E-state index contributed by atoms with van der Waals surface area (Å²) in [5.74, 6) is 1.08. The molecule has 0 rings (SSSR count). The molecular formula is C14H30N2O2. The van der Waals surface area contributed by atoms with Gasteiger partial charge in [0.25, 0.3) is 0 Å². The summed E-state index contributed by atoms with van der Waals surface area (Å²) in [5, 5.41) is 12.6. The smallest absolute Gasteiger partial charge is 0.220 e. The summed E-state index contributed by atoms with van der Waals surface area (Å²) in [5.41, 5.74) is 4.77. The Morgan fingerprint density at radius 2 is 2.00 bits per heavy atom. The minimum Gasteiger partial charge on any atom is -0.388 e. The first kappa shape index (κ1) is 17.4. The van der Waals surface area contributed by atoms with Crippen LogP contribution in [0.25, 0.3) is 0 Å². The molecule has 0 heterocycles. The van der Waals surface area contributed by atoms with Gasteiger partial charge >= 0.3 is 0 Å². The van der Waals surface area contributed by atoms with Gasteiger partial charge in [0, 0.05) is 13.0 Å². The van der Waals surface area contributed by atoms with Crippen molar-refractivity contribution in [1.82, 2.24) is 5.32 Å². The van der Waals surface area contributed by atoms with E-state index in [1.54, 1.807) is 6.92 Å². The first-order valence-corrected chi connectivity index (χ1v) is 7.01. The van der Waals surface area contributed by atoms with Gasteiger partial charge in [-0.05, 0) is 44.6 Å². The first-order chi connectivity index (χ1) is 8.32. The molecule has 18 heavy (non-hydrogen) atoms. The van der Waals surface area contributed by atoms with Gasteiger partial charge in [-0.2, -0.15) is 0 Å². The summed E-state index contributed by atoms with van der Waals surface area (Å²) in [6, 6.07) is 0. The van der Waals surface area contributed by atoms with Crippen molar-refractivity contribution in [3.8, 4) is 0 Å². The molecule has 0 saturated carbocycles. The molecule has 1 amide bonds. The van der Waals surface area contributed by atoms with Crippen molar-refractivity contribution in [2.24, 2.45) is 17.6 Å². The SMILES string of the molecule is CCC(C)(O)CNC(=O)CCC(CCN)C(C)C. The highest BCUT2D eigenvalue weighted by atomic mass is 16.3.